The van der Waals surface area contributed by atoms with Gasteiger partial charge in [0, 0.05) is 38.0 Å². The van der Waals surface area contributed by atoms with Crippen molar-refractivity contribution in [2.45, 2.75) is 112 Å². The van der Waals surface area contributed by atoms with Crippen molar-refractivity contribution in [2.24, 2.45) is 46.3 Å². The summed E-state index contributed by atoms with van der Waals surface area (Å²) in [6.07, 6.45) is 8.83. The quantitative estimate of drug-likeness (QED) is 0.404. The van der Waals surface area contributed by atoms with Crippen LogP contribution in [0.3, 0.4) is 0 Å². The van der Waals surface area contributed by atoms with Gasteiger partial charge in [0.1, 0.15) is 18.0 Å². The molecule has 6 nitrogen and oxygen atoms in total. The topological polar surface area (TPSA) is 78.9 Å². The van der Waals surface area contributed by atoms with Gasteiger partial charge < -0.3 is 14.2 Å². The van der Waals surface area contributed by atoms with Crippen LogP contribution in [0.1, 0.15) is 99.3 Å². The van der Waals surface area contributed by atoms with E-state index in [1.54, 1.807) is 0 Å². The maximum Gasteiger partial charge on any atom is 0.302 e. The summed E-state index contributed by atoms with van der Waals surface area (Å²) in [5.74, 6) is 3.49. The van der Waals surface area contributed by atoms with Gasteiger partial charge in [-0.1, -0.05) is 20.8 Å². The van der Waals surface area contributed by atoms with Gasteiger partial charge in [-0.3, -0.25) is 14.4 Å². The van der Waals surface area contributed by atoms with E-state index in [1.807, 2.05) is 0 Å². The van der Waals surface area contributed by atoms with Crippen molar-refractivity contribution in [3.05, 3.63) is 11.3 Å². The molecule has 5 aliphatic rings. The van der Waals surface area contributed by atoms with E-state index >= 15 is 0 Å². The molecule has 1 heterocycles. The molecule has 4 aliphatic carbocycles. The first-order chi connectivity index (χ1) is 17.4. The van der Waals surface area contributed by atoms with Gasteiger partial charge in [0.2, 0.25) is 0 Å². The predicted molar refractivity (Wildman–Crippen MR) is 139 cm³/mol. The Balaban J connectivity index is 1.30. The molecule has 1 aliphatic heterocycles. The third kappa shape index (κ3) is 4.44. The Morgan fingerprint density at radius 2 is 1.84 bits per heavy atom. The highest BCUT2D eigenvalue weighted by Gasteiger charge is 2.67. The number of Topliss-reactive ketones (excluding diaryl/α,β-unsaturated/α-hetero) is 1. The molecular weight excluding hydrogens is 468 g/mol. The number of ketones is 1. The summed E-state index contributed by atoms with van der Waals surface area (Å²) in [4.78, 5) is 36.8. The molecule has 206 valence electrons. The van der Waals surface area contributed by atoms with Gasteiger partial charge in [-0.05, 0) is 92.4 Å². The lowest BCUT2D eigenvalue weighted by molar-refractivity contribution is -0.165. The molecule has 10 atom stereocenters. The summed E-state index contributed by atoms with van der Waals surface area (Å²) in [6.45, 7) is 12.4. The number of hydrogen-bond acceptors (Lipinski definition) is 6. The molecule has 0 unspecified atom stereocenters. The molecule has 4 fully saturated rings. The summed E-state index contributed by atoms with van der Waals surface area (Å²) < 4.78 is 17.4. The first-order valence-corrected chi connectivity index (χ1v) is 14.6. The van der Waals surface area contributed by atoms with E-state index in [9.17, 15) is 14.4 Å². The normalized spacial score (nSPS) is 43.2. The van der Waals surface area contributed by atoms with Crippen LogP contribution in [0.4, 0.5) is 0 Å². The molecule has 0 bridgehead atoms. The molecule has 0 N–H and O–H groups in total. The second-order valence-corrected chi connectivity index (χ2v) is 13.5. The monoisotopic (exact) mass is 514 g/mol. The second kappa shape index (κ2) is 9.72. The zero-order chi connectivity index (χ0) is 26.7. The number of allylic oxidation sites excluding steroid dienone is 1. The highest BCUT2D eigenvalue weighted by atomic mass is 16.5. The molecule has 0 aromatic heterocycles. The number of hydrogen-bond donors (Lipinski definition) is 0. The SMILES string of the molecule is CC(=O)OC[C@H](C)CCC1=C(C)[C@@H]2[C@@H](C[C@H]3[C@@H]4CC[C@@H]5C[C@H](OC(C)=O)CC[C@]5(C)[C@@H]4CC(=O)[C@]23C)O1. The Kier molecular flexibility index (Phi) is 7.02. The Bertz CT molecular complexity index is 984. The fourth-order valence-corrected chi connectivity index (χ4v) is 9.55. The van der Waals surface area contributed by atoms with Gasteiger partial charge in [-0.2, -0.15) is 0 Å². The van der Waals surface area contributed by atoms with Crippen LogP contribution in [0, 0.1) is 46.3 Å². The number of carbonyl (C=O) groups excluding carboxylic acids is 3. The van der Waals surface area contributed by atoms with Crippen molar-refractivity contribution in [1.29, 1.82) is 0 Å². The number of ether oxygens (including phenoxy) is 3. The largest absolute Gasteiger partial charge is 0.494 e. The standard InChI is InChI=1S/C31H46O6/c1-17(16-35-19(3)32)7-10-26-18(2)29-27(37-26)14-25-23-9-8-21-13-22(36-20(4)33)11-12-30(21,5)24(23)15-28(34)31(25,29)6/h17,21-25,27,29H,7-16H2,1-6H3/t17-,21-,22-,23-,24-,25+,27-,29-,30+,31-/m1/s1. The van der Waals surface area contributed by atoms with Gasteiger partial charge >= 0.3 is 11.9 Å². The van der Waals surface area contributed by atoms with Gasteiger partial charge in [0.15, 0.2) is 0 Å². The minimum atomic E-state index is -0.334. The van der Waals surface area contributed by atoms with E-state index in [1.165, 1.54) is 32.3 Å². The van der Waals surface area contributed by atoms with Crippen LogP contribution in [-0.2, 0) is 28.6 Å². The van der Waals surface area contributed by atoms with Gasteiger partial charge in [0.25, 0.3) is 0 Å². The number of fused-ring (bicyclic) bond motifs is 7. The molecular formula is C31H46O6. The fourth-order valence-electron chi connectivity index (χ4n) is 9.55. The third-order valence-electron chi connectivity index (χ3n) is 11.5. The van der Waals surface area contributed by atoms with Crippen molar-refractivity contribution in [1.82, 2.24) is 0 Å². The average Bonchev–Trinajstić information content (AvgIpc) is 3.31. The minimum Gasteiger partial charge on any atom is -0.494 e. The fraction of sp³-hybridized carbons (Fsp3) is 0.839. The van der Waals surface area contributed by atoms with E-state index in [4.69, 9.17) is 14.2 Å². The van der Waals surface area contributed by atoms with Gasteiger partial charge in [0.05, 0.1) is 12.4 Å². The molecule has 4 saturated carbocycles. The molecule has 0 amide bonds. The lowest BCUT2D eigenvalue weighted by Gasteiger charge is -2.60. The zero-order valence-corrected chi connectivity index (χ0v) is 23.6. The third-order valence-corrected chi connectivity index (χ3v) is 11.5. The van der Waals surface area contributed by atoms with Crippen LogP contribution in [0.15, 0.2) is 11.3 Å². The minimum absolute atomic E-state index is 0.0406. The number of esters is 2. The van der Waals surface area contributed by atoms with E-state index in [0.29, 0.717) is 42.5 Å². The highest BCUT2D eigenvalue weighted by molar-refractivity contribution is 5.87. The van der Waals surface area contributed by atoms with Crippen LogP contribution in [0.5, 0.6) is 0 Å². The second-order valence-electron chi connectivity index (χ2n) is 13.5. The Morgan fingerprint density at radius 3 is 2.54 bits per heavy atom. The van der Waals surface area contributed by atoms with Crippen LogP contribution in [0.25, 0.3) is 0 Å². The van der Waals surface area contributed by atoms with E-state index < -0.39 is 0 Å². The molecule has 0 radical (unpaired) electrons. The average molecular weight is 515 g/mol. The van der Waals surface area contributed by atoms with E-state index in [0.717, 1.165) is 44.3 Å². The summed E-state index contributed by atoms with van der Waals surface area (Å²) >= 11 is 0. The number of carbonyl (C=O) groups is 3. The Hall–Kier alpha value is -1.85. The van der Waals surface area contributed by atoms with Crippen LogP contribution in [0.2, 0.25) is 0 Å². The smallest absolute Gasteiger partial charge is 0.302 e. The summed E-state index contributed by atoms with van der Waals surface area (Å²) in [5.41, 5.74) is 1.10. The number of rotatable bonds is 6. The van der Waals surface area contributed by atoms with E-state index in [-0.39, 0.29) is 46.8 Å². The Labute approximate surface area is 222 Å². The summed E-state index contributed by atoms with van der Waals surface area (Å²) in [5, 5.41) is 0. The molecule has 5 rings (SSSR count). The van der Waals surface area contributed by atoms with Gasteiger partial charge in [-0.15, -0.1) is 0 Å². The lowest BCUT2D eigenvalue weighted by Crippen LogP contribution is -2.57. The summed E-state index contributed by atoms with van der Waals surface area (Å²) in [6, 6.07) is 0. The van der Waals surface area contributed by atoms with Crippen LogP contribution in [-0.4, -0.2) is 36.5 Å². The molecule has 6 heteroatoms. The van der Waals surface area contributed by atoms with Crippen molar-refractivity contribution < 1.29 is 28.6 Å². The van der Waals surface area contributed by atoms with Crippen molar-refractivity contribution in [3.8, 4) is 0 Å². The van der Waals surface area contributed by atoms with Crippen molar-refractivity contribution in [2.75, 3.05) is 6.61 Å². The highest BCUT2D eigenvalue weighted by Crippen LogP contribution is 2.68. The first kappa shape index (κ1) is 26.7. The van der Waals surface area contributed by atoms with Crippen molar-refractivity contribution in [3.63, 3.8) is 0 Å². The van der Waals surface area contributed by atoms with Gasteiger partial charge in [-0.25, -0.2) is 0 Å². The molecule has 0 aromatic rings. The Morgan fingerprint density at radius 1 is 1.08 bits per heavy atom. The lowest BCUT2D eigenvalue weighted by atomic mass is 9.44. The zero-order valence-electron chi connectivity index (χ0n) is 23.6. The van der Waals surface area contributed by atoms with Crippen LogP contribution < -0.4 is 0 Å². The molecule has 0 saturated heterocycles. The first-order valence-electron chi connectivity index (χ1n) is 14.6. The van der Waals surface area contributed by atoms with Crippen molar-refractivity contribution >= 4 is 17.7 Å². The van der Waals surface area contributed by atoms with Crippen LogP contribution >= 0.6 is 0 Å². The maximum atomic E-state index is 14.1. The molecule has 0 aromatic carbocycles. The predicted octanol–water partition coefficient (Wildman–Crippen LogP) is 6.02. The maximum absolute atomic E-state index is 14.1. The summed E-state index contributed by atoms with van der Waals surface area (Å²) in [7, 11) is 0. The van der Waals surface area contributed by atoms with E-state index in [2.05, 4.69) is 27.7 Å². The molecule has 0 spiro atoms. The molecule has 37 heavy (non-hydrogen) atoms.